The summed E-state index contributed by atoms with van der Waals surface area (Å²) in [4.78, 5) is 13.4. The molecule has 0 bridgehead atoms. The normalized spacial score (nSPS) is 10.2. The summed E-state index contributed by atoms with van der Waals surface area (Å²) >= 11 is 1.64. The number of anilines is 2. The van der Waals surface area contributed by atoms with Gasteiger partial charge in [-0.2, -0.15) is 0 Å². The molecule has 2 aromatic rings. The quantitative estimate of drug-likeness (QED) is 0.855. The first-order chi connectivity index (χ1) is 8.20. The predicted molar refractivity (Wildman–Crippen MR) is 67.2 cm³/mol. The van der Waals surface area contributed by atoms with Crippen molar-refractivity contribution in [2.75, 3.05) is 18.2 Å². The van der Waals surface area contributed by atoms with Gasteiger partial charge in [0.2, 0.25) is 5.75 Å². The van der Waals surface area contributed by atoms with E-state index < -0.39 is 0 Å². The Morgan fingerprint density at radius 1 is 1.41 bits per heavy atom. The Balaban J connectivity index is 2.11. The highest BCUT2D eigenvalue weighted by molar-refractivity contribution is 7.11. The molecule has 0 radical (unpaired) electrons. The molecule has 0 saturated carbocycles. The SMILES string of the molecule is COc1c(N)ncnc1NCc1ncc(C)s1. The van der Waals surface area contributed by atoms with E-state index in [-0.39, 0.29) is 0 Å². The molecule has 3 N–H and O–H groups in total. The minimum Gasteiger partial charge on any atom is -0.490 e. The molecule has 0 aliphatic rings. The molecule has 17 heavy (non-hydrogen) atoms. The number of hydrogen-bond acceptors (Lipinski definition) is 7. The van der Waals surface area contributed by atoms with Crippen LogP contribution in [0.3, 0.4) is 0 Å². The number of nitrogens with two attached hydrogens (primary N) is 1. The number of thiazole rings is 1. The smallest absolute Gasteiger partial charge is 0.203 e. The maximum absolute atomic E-state index is 5.68. The van der Waals surface area contributed by atoms with Crippen LogP contribution in [0, 0.1) is 6.92 Å². The summed E-state index contributed by atoms with van der Waals surface area (Å²) in [5.74, 6) is 1.36. The van der Waals surface area contributed by atoms with Crippen LogP contribution < -0.4 is 15.8 Å². The second-order valence-corrected chi connectivity index (χ2v) is 4.68. The van der Waals surface area contributed by atoms with E-state index in [1.807, 2.05) is 13.1 Å². The molecule has 0 saturated heterocycles. The van der Waals surface area contributed by atoms with Gasteiger partial charge in [0, 0.05) is 11.1 Å². The van der Waals surface area contributed by atoms with Crippen molar-refractivity contribution in [3.63, 3.8) is 0 Å². The number of rotatable bonds is 4. The van der Waals surface area contributed by atoms with E-state index in [1.165, 1.54) is 18.3 Å². The van der Waals surface area contributed by atoms with Crippen LogP contribution >= 0.6 is 11.3 Å². The molecule has 0 unspecified atom stereocenters. The van der Waals surface area contributed by atoms with E-state index in [0.29, 0.717) is 23.9 Å². The maximum atomic E-state index is 5.68. The molecule has 7 heteroatoms. The van der Waals surface area contributed by atoms with Gasteiger partial charge in [-0.05, 0) is 6.92 Å². The van der Waals surface area contributed by atoms with E-state index >= 15 is 0 Å². The minimum absolute atomic E-state index is 0.320. The zero-order chi connectivity index (χ0) is 12.3. The van der Waals surface area contributed by atoms with Crippen molar-refractivity contribution in [3.8, 4) is 5.75 Å². The number of aromatic nitrogens is 3. The molecule has 0 spiro atoms. The van der Waals surface area contributed by atoms with Crippen LogP contribution in [0.2, 0.25) is 0 Å². The van der Waals surface area contributed by atoms with Crippen LogP contribution in [0.15, 0.2) is 12.5 Å². The van der Waals surface area contributed by atoms with Crippen LogP contribution in [-0.2, 0) is 6.54 Å². The molecule has 0 aromatic carbocycles. The number of nitrogen functional groups attached to an aromatic ring is 1. The van der Waals surface area contributed by atoms with E-state index in [9.17, 15) is 0 Å². The summed E-state index contributed by atoms with van der Waals surface area (Å²) < 4.78 is 5.14. The van der Waals surface area contributed by atoms with Crippen molar-refractivity contribution < 1.29 is 4.74 Å². The molecule has 0 fully saturated rings. The Morgan fingerprint density at radius 2 is 2.24 bits per heavy atom. The molecular formula is C10H13N5OS. The van der Waals surface area contributed by atoms with Gasteiger partial charge in [-0.3, -0.25) is 0 Å². The molecule has 2 aromatic heterocycles. The van der Waals surface area contributed by atoms with Gasteiger partial charge in [0.25, 0.3) is 0 Å². The van der Waals surface area contributed by atoms with E-state index in [4.69, 9.17) is 10.5 Å². The number of aryl methyl sites for hydroxylation is 1. The van der Waals surface area contributed by atoms with Crippen molar-refractivity contribution >= 4 is 23.0 Å². The van der Waals surface area contributed by atoms with E-state index in [0.717, 1.165) is 5.01 Å². The fourth-order valence-electron chi connectivity index (χ4n) is 1.36. The lowest BCUT2D eigenvalue weighted by molar-refractivity contribution is 0.415. The molecular weight excluding hydrogens is 238 g/mol. The van der Waals surface area contributed by atoms with E-state index in [2.05, 4.69) is 20.3 Å². The zero-order valence-electron chi connectivity index (χ0n) is 9.60. The predicted octanol–water partition coefficient (Wildman–Crippen LogP) is 1.44. The second-order valence-electron chi connectivity index (χ2n) is 3.36. The number of methoxy groups -OCH3 is 1. The summed E-state index contributed by atoms with van der Waals surface area (Å²) in [6.07, 6.45) is 3.24. The van der Waals surface area contributed by atoms with Crippen LogP contribution in [0.25, 0.3) is 0 Å². The van der Waals surface area contributed by atoms with Crippen LogP contribution in [-0.4, -0.2) is 22.1 Å². The highest BCUT2D eigenvalue weighted by Gasteiger charge is 2.09. The first kappa shape index (κ1) is 11.6. The molecule has 0 aliphatic carbocycles. The standard InChI is InChI=1S/C10H13N5OS/c1-6-3-12-7(17-6)4-13-10-8(16-2)9(11)14-5-15-10/h3,5H,4H2,1-2H3,(H3,11,13,14,15). The van der Waals surface area contributed by atoms with Gasteiger partial charge in [-0.25, -0.2) is 15.0 Å². The summed E-state index contributed by atoms with van der Waals surface area (Å²) in [6, 6.07) is 0. The first-order valence-corrected chi connectivity index (χ1v) is 5.82. The Hall–Kier alpha value is -1.89. The monoisotopic (exact) mass is 251 g/mol. The number of ether oxygens (including phenoxy) is 1. The lowest BCUT2D eigenvalue weighted by atomic mass is 10.4. The largest absolute Gasteiger partial charge is 0.490 e. The average Bonchev–Trinajstić information content (AvgIpc) is 2.72. The lowest BCUT2D eigenvalue weighted by Gasteiger charge is -2.09. The molecule has 2 heterocycles. The highest BCUT2D eigenvalue weighted by atomic mass is 32.1. The van der Waals surface area contributed by atoms with Gasteiger partial charge < -0.3 is 15.8 Å². The number of hydrogen-bond donors (Lipinski definition) is 2. The van der Waals surface area contributed by atoms with Gasteiger partial charge in [0.05, 0.1) is 13.7 Å². The van der Waals surface area contributed by atoms with Gasteiger partial charge >= 0.3 is 0 Å². The van der Waals surface area contributed by atoms with Crippen LogP contribution in [0.5, 0.6) is 5.75 Å². The zero-order valence-corrected chi connectivity index (χ0v) is 10.4. The molecule has 0 atom stereocenters. The Bertz CT molecular complexity index is 513. The van der Waals surface area contributed by atoms with Crippen molar-refractivity contribution in [2.24, 2.45) is 0 Å². The van der Waals surface area contributed by atoms with Crippen molar-refractivity contribution in [2.45, 2.75) is 13.5 Å². The lowest BCUT2D eigenvalue weighted by Crippen LogP contribution is -2.06. The summed E-state index contributed by atoms with van der Waals surface area (Å²) in [5.41, 5.74) is 5.68. The topological polar surface area (TPSA) is 86.0 Å². The fraction of sp³-hybridized carbons (Fsp3) is 0.300. The summed E-state index contributed by atoms with van der Waals surface area (Å²) in [7, 11) is 1.54. The molecule has 6 nitrogen and oxygen atoms in total. The van der Waals surface area contributed by atoms with Crippen LogP contribution in [0.4, 0.5) is 11.6 Å². The van der Waals surface area contributed by atoms with Crippen molar-refractivity contribution in [1.29, 1.82) is 0 Å². The third-order valence-corrected chi connectivity index (χ3v) is 3.02. The molecule has 0 amide bonds. The Morgan fingerprint density at radius 3 is 2.88 bits per heavy atom. The van der Waals surface area contributed by atoms with Gasteiger partial charge in [0.1, 0.15) is 11.3 Å². The fourth-order valence-corrected chi connectivity index (χ4v) is 2.08. The Labute approximate surface area is 103 Å². The average molecular weight is 251 g/mol. The van der Waals surface area contributed by atoms with Crippen LogP contribution in [0.1, 0.15) is 9.88 Å². The van der Waals surface area contributed by atoms with Crippen molar-refractivity contribution in [3.05, 3.63) is 22.4 Å². The molecule has 90 valence electrons. The van der Waals surface area contributed by atoms with Gasteiger partial charge in [-0.1, -0.05) is 0 Å². The number of nitrogens with one attached hydrogen (secondary N) is 1. The summed E-state index contributed by atoms with van der Waals surface area (Å²) in [5, 5.41) is 4.11. The van der Waals surface area contributed by atoms with Gasteiger partial charge in [-0.15, -0.1) is 11.3 Å². The first-order valence-electron chi connectivity index (χ1n) is 5.00. The maximum Gasteiger partial charge on any atom is 0.203 e. The molecule has 0 aliphatic heterocycles. The third kappa shape index (κ3) is 2.62. The van der Waals surface area contributed by atoms with Gasteiger partial charge in [0.15, 0.2) is 11.6 Å². The minimum atomic E-state index is 0.320. The molecule has 2 rings (SSSR count). The highest BCUT2D eigenvalue weighted by Crippen LogP contribution is 2.26. The second kappa shape index (κ2) is 4.96. The summed E-state index contributed by atoms with van der Waals surface area (Å²) in [6.45, 7) is 2.61. The third-order valence-electron chi connectivity index (χ3n) is 2.11. The van der Waals surface area contributed by atoms with Crippen molar-refractivity contribution in [1.82, 2.24) is 15.0 Å². The van der Waals surface area contributed by atoms with E-state index in [1.54, 1.807) is 11.3 Å². The Kier molecular flexibility index (Phi) is 3.38. The number of nitrogens with zero attached hydrogens (tertiary/aromatic N) is 3.